The molecule has 4 rings (SSSR count). The number of piperidine rings is 1. The van der Waals surface area contributed by atoms with Gasteiger partial charge in [0.25, 0.3) is 0 Å². The average molecular weight is 401 g/mol. The standard InChI is InChI=1S/C22H27FN2O2.C2H6/c1-25-13-15-11-18(27-16-7-9-24-10-8-16)4-5-19(15)21(14-25)20-6-3-17(26-2)12-22(20)23;1-2/h3-6,11-12,16,21,24H,7-10,13-14H2,1-2H3;1-2H3. The average Bonchev–Trinajstić information content (AvgIpc) is 2.75. The molecule has 1 saturated heterocycles. The fourth-order valence-electron chi connectivity index (χ4n) is 4.19. The molecule has 4 nitrogen and oxygen atoms in total. The van der Waals surface area contributed by atoms with Crippen LogP contribution in [0, 0.1) is 5.82 Å². The maximum absolute atomic E-state index is 14.7. The van der Waals surface area contributed by atoms with Crippen molar-refractivity contribution in [2.24, 2.45) is 0 Å². The number of methoxy groups -OCH3 is 1. The van der Waals surface area contributed by atoms with Crippen LogP contribution in [-0.4, -0.2) is 44.8 Å². The maximum Gasteiger partial charge on any atom is 0.130 e. The second-order valence-corrected chi connectivity index (χ2v) is 7.56. The lowest BCUT2D eigenvalue weighted by Gasteiger charge is -2.33. The molecule has 29 heavy (non-hydrogen) atoms. The normalized spacial score (nSPS) is 19.7. The van der Waals surface area contributed by atoms with Crippen LogP contribution < -0.4 is 14.8 Å². The van der Waals surface area contributed by atoms with Crippen LogP contribution in [0.5, 0.6) is 11.5 Å². The number of halogens is 1. The molecule has 1 atom stereocenters. The van der Waals surface area contributed by atoms with E-state index >= 15 is 0 Å². The lowest BCUT2D eigenvalue weighted by molar-refractivity contribution is 0.162. The molecule has 0 aliphatic carbocycles. The number of nitrogens with one attached hydrogen (secondary N) is 1. The Kier molecular flexibility index (Phi) is 7.51. The van der Waals surface area contributed by atoms with Gasteiger partial charge in [-0.1, -0.05) is 26.0 Å². The van der Waals surface area contributed by atoms with Crippen molar-refractivity contribution in [2.45, 2.75) is 45.3 Å². The predicted octanol–water partition coefficient (Wildman–Crippen LogP) is 4.57. The molecule has 2 aliphatic heterocycles. The van der Waals surface area contributed by atoms with E-state index in [1.165, 1.54) is 17.2 Å². The third-order valence-electron chi connectivity index (χ3n) is 5.60. The first-order valence-electron chi connectivity index (χ1n) is 10.7. The highest BCUT2D eigenvalue weighted by molar-refractivity contribution is 5.45. The molecule has 2 heterocycles. The smallest absolute Gasteiger partial charge is 0.130 e. The minimum absolute atomic E-state index is 0.0117. The van der Waals surface area contributed by atoms with Gasteiger partial charge in [0.15, 0.2) is 0 Å². The molecule has 0 saturated carbocycles. The highest BCUT2D eigenvalue weighted by Crippen LogP contribution is 2.37. The Morgan fingerprint density at radius 2 is 1.69 bits per heavy atom. The van der Waals surface area contributed by atoms with Crippen LogP contribution in [0.25, 0.3) is 0 Å². The fourth-order valence-corrected chi connectivity index (χ4v) is 4.19. The van der Waals surface area contributed by atoms with Gasteiger partial charge in [-0.05, 0) is 67.9 Å². The third-order valence-corrected chi connectivity index (χ3v) is 5.60. The Balaban J connectivity index is 0.00000117. The molecule has 2 aromatic carbocycles. The molecular formula is C24H33FN2O2. The molecule has 2 aliphatic rings. The van der Waals surface area contributed by atoms with E-state index in [0.29, 0.717) is 5.75 Å². The summed E-state index contributed by atoms with van der Waals surface area (Å²) in [4.78, 5) is 2.24. The summed E-state index contributed by atoms with van der Waals surface area (Å²) in [7, 11) is 3.64. The first-order valence-corrected chi connectivity index (χ1v) is 10.7. The molecule has 1 N–H and O–H groups in total. The number of hydrogen-bond acceptors (Lipinski definition) is 4. The minimum atomic E-state index is -0.212. The van der Waals surface area contributed by atoms with Crippen LogP contribution in [0.3, 0.4) is 0 Å². The van der Waals surface area contributed by atoms with Gasteiger partial charge in [-0.15, -0.1) is 0 Å². The van der Waals surface area contributed by atoms with E-state index in [1.54, 1.807) is 7.11 Å². The Labute approximate surface area is 174 Å². The molecule has 0 bridgehead atoms. The van der Waals surface area contributed by atoms with Crippen molar-refractivity contribution in [1.82, 2.24) is 10.2 Å². The van der Waals surface area contributed by atoms with Gasteiger partial charge >= 0.3 is 0 Å². The summed E-state index contributed by atoms with van der Waals surface area (Å²) in [6, 6.07) is 11.5. The number of benzene rings is 2. The van der Waals surface area contributed by atoms with Crippen molar-refractivity contribution < 1.29 is 13.9 Å². The Hall–Kier alpha value is -2.11. The van der Waals surface area contributed by atoms with Gasteiger partial charge in [-0.25, -0.2) is 4.39 Å². The number of nitrogens with zero attached hydrogens (tertiary/aromatic N) is 1. The van der Waals surface area contributed by atoms with Gasteiger partial charge in [0.1, 0.15) is 23.4 Å². The zero-order valence-corrected chi connectivity index (χ0v) is 18.0. The van der Waals surface area contributed by atoms with Gasteiger partial charge in [0.05, 0.1) is 7.11 Å². The second-order valence-electron chi connectivity index (χ2n) is 7.56. The van der Waals surface area contributed by atoms with Crippen molar-refractivity contribution >= 4 is 0 Å². The topological polar surface area (TPSA) is 33.7 Å². The van der Waals surface area contributed by atoms with Crippen molar-refractivity contribution in [1.29, 1.82) is 0 Å². The highest BCUT2D eigenvalue weighted by Gasteiger charge is 2.27. The van der Waals surface area contributed by atoms with Gasteiger partial charge in [0, 0.05) is 25.1 Å². The molecule has 1 fully saturated rings. The zero-order valence-electron chi connectivity index (χ0n) is 18.0. The lowest BCUT2D eigenvalue weighted by atomic mass is 9.84. The van der Waals surface area contributed by atoms with E-state index in [9.17, 15) is 4.39 Å². The van der Waals surface area contributed by atoms with Crippen LogP contribution in [0.4, 0.5) is 4.39 Å². The van der Waals surface area contributed by atoms with Crippen LogP contribution in [-0.2, 0) is 6.54 Å². The van der Waals surface area contributed by atoms with Crippen LogP contribution in [0.2, 0.25) is 0 Å². The summed E-state index contributed by atoms with van der Waals surface area (Å²) in [6.07, 6.45) is 2.35. The summed E-state index contributed by atoms with van der Waals surface area (Å²) in [5.41, 5.74) is 3.13. The Bertz CT molecular complexity index is 805. The van der Waals surface area contributed by atoms with E-state index in [2.05, 4.69) is 29.4 Å². The van der Waals surface area contributed by atoms with Crippen LogP contribution in [0.1, 0.15) is 49.3 Å². The molecule has 0 spiro atoms. The molecule has 2 aromatic rings. The number of ether oxygens (including phenoxy) is 2. The molecule has 1 unspecified atom stereocenters. The predicted molar refractivity (Wildman–Crippen MR) is 115 cm³/mol. The van der Waals surface area contributed by atoms with Crippen LogP contribution in [0.15, 0.2) is 36.4 Å². The molecule has 0 amide bonds. The minimum Gasteiger partial charge on any atom is -0.497 e. The first kappa shape index (κ1) is 21.6. The van der Waals surface area contributed by atoms with E-state index in [-0.39, 0.29) is 17.8 Å². The van der Waals surface area contributed by atoms with Crippen LogP contribution >= 0.6 is 0 Å². The van der Waals surface area contributed by atoms with Crippen molar-refractivity contribution in [3.63, 3.8) is 0 Å². The third kappa shape index (κ3) is 5.09. The summed E-state index contributed by atoms with van der Waals surface area (Å²) in [5, 5.41) is 3.36. The number of hydrogen-bond donors (Lipinski definition) is 1. The number of fused-ring (bicyclic) bond motifs is 1. The molecule has 5 heteroatoms. The van der Waals surface area contributed by atoms with E-state index < -0.39 is 0 Å². The van der Waals surface area contributed by atoms with E-state index in [4.69, 9.17) is 9.47 Å². The monoisotopic (exact) mass is 400 g/mol. The quantitative estimate of drug-likeness (QED) is 0.815. The highest BCUT2D eigenvalue weighted by atomic mass is 19.1. The Morgan fingerprint density at radius 3 is 2.38 bits per heavy atom. The van der Waals surface area contributed by atoms with E-state index in [0.717, 1.165) is 50.3 Å². The van der Waals surface area contributed by atoms with Gasteiger partial charge in [0.2, 0.25) is 0 Å². The second kappa shape index (κ2) is 10.1. The molecule has 158 valence electrons. The maximum atomic E-state index is 14.7. The van der Waals surface area contributed by atoms with Gasteiger partial charge in [-0.2, -0.15) is 0 Å². The fraction of sp³-hybridized carbons (Fsp3) is 0.500. The zero-order chi connectivity index (χ0) is 20.8. The van der Waals surface area contributed by atoms with Gasteiger partial charge < -0.3 is 19.7 Å². The van der Waals surface area contributed by atoms with Crippen molar-refractivity contribution in [3.8, 4) is 11.5 Å². The summed E-state index contributed by atoms with van der Waals surface area (Å²) in [5.74, 6) is 1.27. The molecule has 0 radical (unpaired) electrons. The number of rotatable bonds is 4. The largest absolute Gasteiger partial charge is 0.497 e. The summed E-state index contributed by atoms with van der Waals surface area (Å²) >= 11 is 0. The van der Waals surface area contributed by atoms with E-state index in [1.807, 2.05) is 32.0 Å². The van der Waals surface area contributed by atoms with Crippen molar-refractivity contribution in [3.05, 3.63) is 58.9 Å². The first-order chi connectivity index (χ1) is 14.1. The molecule has 0 aromatic heterocycles. The van der Waals surface area contributed by atoms with Gasteiger partial charge in [-0.3, -0.25) is 0 Å². The van der Waals surface area contributed by atoms with Crippen molar-refractivity contribution in [2.75, 3.05) is 33.8 Å². The lowest BCUT2D eigenvalue weighted by Crippen LogP contribution is -2.34. The SMILES string of the molecule is CC.COc1ccc(C2CN(C)Cc3cc(OC4CCNCC4)ccc32)c(F)c1. The number of likely N-dealkylation sites (N-methyl/N-ethyl adjacent to an activating group) is 1. The Morgan fingerprint density at radius 1 is 1.00 bits per heavy atom. The summed E-state index contributed by atoms with van der Waals surface area (Å²) in [6.45, 7) is 7.67. The summed E-state index contributed by atoms with van der Waals surface area (Å²) < 4.78 is 26.0. The molecular weight excluding hydrogens is 367 g/mol.